The minimum Gasteiger partial charge on any atom is -0.391 e. The van der Waals surface area contributed by atoms with Crippen molar-refractivity contribution in [1.82, 2.24) is 14.8 Å². The maximum atomic E-state index is 10.7. The van der Waals surface area contributed by atoms with Gasteiger partial charge in [-0.1, -0.05) is 24.6 Å². The van der Waals surface area contributed by atoms with Crippen molar-refractivity contribution in [1.29, 1.82) is 0 Å². The Morgan fingerprint density at radius 3 is 2.67 bits per heavy atom. The fourth-order valence-electron chi connectivity index (χ4n) is 5.03. The Kier molecular flexibility index (Phi) is 5.49. The van der Waals surface area contributed by atoms with E-state index in [4.69, 9.17) is 0 Å². The highest BCUT2D eigenvalue weighted by molar-refractivity contribution is 5.81. The molecular formula is C23H33N3O. The van der Waals surface area contributed by atoms with Crippen LogP contribution in [0.25, 0.3) is 10.9 Å². The number of rotatable bonds is 5. The van der Waals surface area contributed by atoms with Gasteiger partial charge < -0.3 is 5.11 Å². The molecule has 1 aromatic carbocycles. The van der Waals surface area contributed by atoms with E-state index in [2.05, 4.69) is 52.9 Å². The number of hydrogen-bond acceptors (Lipinski definition) is 4. The molecule has 0 saturated carbocycles. The zero-order valence-electron chi connectivity index (χ0n) is 16.8. The molecule has 0 bridgehead atoms. The van der Waals surface area contributed by atoms with Gasteiger partial charge in [0, 0.05) is 42.7 Å². The second-order valence-corrected chi connectivity index (χ2v) is 9.07. The third kappa shape index (κ3) is 4.18. The highest BCUT2D eigenvalue weighted by Gasteiger charge is 2.36. The van der Waals surface area contributed by atoms with Gasteiger partial charge in [-0.25, -0.2) is 0 Å². The molecule has 27 heavy (non-hydrogen) atoms. The molecule has 0 spiro atoms. The highest BCUT2D eigenvalue weighted by atomic mass is 16.3. The number of aliphatic hydroxyl groups is 1. The van der Waals surface area contributed by atoms with Crippen molar-refractivity contribution in [2.75, 3.05) is 32.7 Å². The molecule has 0 amide bonds. The van der Waals surface area contributed by atoms with Crippen LogP contribution >= 0.6 is 0 Å². The summed E-state index contributed by atoms with van der Waals surface area (Å²) in [6, 6.07) is 10.4. The average Bonchev–Trinajstić information content (AvgIpc) is 3.01. The lowest BCUT2D eigenvalue weighted by Gasteiger charge is -2.43. The van der Waals surface area contributed by atoms with E-state index >= 15 is 0 Å². The molecule has 3 heterocycles. The normalized spacial score (nSPS) is 25.3. The van der Waals surface area contributed by atoms with Crippen molar-refractivity contribution < 1.29 is 5.11 Å². The van der Waals surface area contributed by atoms with Crippen molar-refractivity contribution >= 4 is 10.9 Å². The summed E-state index contributed by atoms with van der Waals surface area (Å²) in [4.78, 5) is 9.60. The van der Waals surface area contributed by atoms with Gasteiger partial charge in [-0.2, -0.15) is 0 Å². The fraction of sp³-hybridized carbons (Fsp3) is 0.609. The summed E-state index contributed by atoms with van der Waals surface area (Å²) in [6.07, 6.45) is 6.60. The molecule has 0 unspecified atom stereocenters. The van der Waals surface area contributed by atoms with Gasteiger partial charge in [0.2, 0.25) is 0 Å². The second-order valence-electron chi connectivity index (χ2n) is 9.07. The summed E-state index contributed by atoms with van der Waals surface area (Å²) >= 11 is 0. The average molecular weight is 368 g/mol. The summed E-state index contributed by atoms with van der Waals surface area (Å²) < 4.78 is 0. The number of pyridine rings is 1. The van der Waals surface area contributed by atoms with Crippen LogP contribution in [0.15, 0.2) is 36.5 Å². The molecule has 2 saturated heterocycles. The van der Waals surface area contributed by atoms with Crippen LogP contribution in [0.4, 0.5) is 0 Å². The number of β-amino-alcohol motifs (C(OH)–C–C–N with tert-alkyl or cyclic N) is 1. The van der Waals surface area contributed by atoms with Gasteiger partial charge in [-0.05, 0) is 63.9 Å². The summed E-state index contributed by atoms with van der Waals surface area (Å²) in [5, 5.41) is 12.0. The van der Waals surface area contributed by atoms with Gasteiger partial charge in [0.05, 0.1) is 11.6 Å². The van der Waals surface area contributed by atoms with E-state index in [-0.39, 0.29) is 11.6 Å². The molecule has 1 N–H and O–H groups in total. The molecule has 2 fully saturated rings. The summed E-state index contributed by atoms with van der Waals surface area (Å²) in [7, 11) is 0. The molecule has 2 aliphatic heterocycles. The van der Waals surface area contributed by atoms with E-state index in [1.807, 2.05) is 12.3 Å². The fourth-order valence-corrected chi connectivity index (χ4v) is 5.03. The van der Waals surface area contributed by atoms with Crippen LogP contribution in [0.1, 0.15) is 38.7 Å². The van der Waals surface area contributed by atoms with Crippen molar-refractivity contribution in [2.24, 2.45) is 5.92 Å². The van der Waals surface area contributed by atoms with E-state index in [0.29, 0.717) is 5.92 Å². The molecule has 4 rings (SSSR count). The van der Waals surface area contributed by atoms with E-state index in [9.17, 15) is 5.11 Å². The Balaban J connectivity index is 1.42. The van der Waals surface area contributed by atoms with Gasteiger partial charge in [0.15, 0.2) is 0 Å². The number of nitrogens with zero attached hydrogens (tertiary/aromatic N) is 3. The van der Waals surface area contributed by atoms with Crippen molar-refractivity contribution in [3.8, 4) is 0 Å². The number of benzene rings is 1. The number of piperidine rings is 1. The number of para-hydroxylation sites is 1. The number of aliphatic hydroxyl groups excluding tert-OH is 1. The maximum Gasteiger partial charge on any atom is 0.0710 e. The zero-order chi connectivity index (χ0) is 18.9. The van der Waals surface area contributed by atoms with Crippen molar-refractivity contribution in [3.63, 3.8) is 0 Å². The Hall–Kier alpha value is -1.49. The van der Waals surface area contributed by atoms with Crippen LogP contribution in [-0.2, 0) is 6.42 Å². The topological polar surface area (TPSA) is 39.6 Å². The molecule has 2 aromatic rings. The van der Waals surface area contributed by atoms with Gasteiger partial charge in [0.1, 0.15) is 0 Å². The van der Waals surface area contributed by atoms with Gasteiger partial charge >= 0.3 is 0 Å². The van der Waals surface area contributed by atoms with Crippen LogP contribution in [0, 0.1) is 5.92 Å². The Labute approximate surface area is 163 Å². The monoisotopic (exact) mass is 367 g/mol. The minimum absolute atomic E-state index is 0.179. The lowest BCUT2D eigenvalue weighted by Crippen LogP contribution is -2.53. The molecule has 2 aliphatic rings. The largest absolute Gasteiger partial charge is 0.391 e. The first kappa shape index (κ1) is 18.9. The molecule has 0 aliphatic carbocycles. The molecule has 146 valence electrons. The summed E-state index contributed by atoms with van der Waals surface area (Å²) in [5.41, 5.74) is 2.53. The van der Waals surface area contributed by atoms with Crippen molar-refractivity contribution in [2.45, 2.75) is 51.2 Å². The first-order valence-corrected chi connectivity index (χ1v) is 10.5. The Bertz CT molecular complexity index is 764. The molecule has 0 radical (unpaired) electrons. The van der Waals surface area contributed by atoms with Crippen molar-refractivity contribution in [3.05, 3.63) is 42.1 Å². The van der Waals surface area contributed by atoms with E-state index < -0.39 is 0 Å². The number of aromatic nitrogens is 1. The van der Waals surface area contributed by atoms with E-state index in [0.717, 1.165) is 31.6 Å². The molecule has 4 heteroatoms. The first-order valence-electron chi connectivity index (χ1n) is 10.5. The van der Waals surface area contributed by atoms with Crippen LogP contribution in [0.3, 0.4) is 0 Å². The minimum atomic E-state index is -0.242. The smallest absolute Gasteiger partial charge is 0.0710 e. The lowest BCUT2D eigenvalue weighted by atomic mass is 9.94. The van der Waals surface area contributed by atoms with Crippen LogP contribution in [0.5, 0.6) is 0 Å². The molecule has 2 atom stereocenters. The Morgan fingerprint density at radius 1 is 1.07 bits per heavy atom. The quantitative estimate of drug-likeness (QED) is 0.880. The zero-order valence-corrected chi connectivity index (χ0v) is 16.8. The number of likely N-dealkylation sites (tertiary alicyclic amines) is 2. The van der Waals surface area contributed by atoms with Gasteiger partial charge in [-0.3, -0.25) is 14.8 Å². The maximum absolute atomic E-state index is 10.7. The highest BCUT2D eigenvalue weighted by Crippen LogP contribution is 2.28. The standard InChI is InChI=1S/C23H33N3O/c1-23(2,26-12-6-3-7-13-26)17-25-15-19(22(27)16-25)14-18-10-11-24-21-9-5-4-8-20(18)21/h4-5,8-11,19,22,27H,3,6-7,12-17H2,1-2H3/t19-,22-/m1/s1. The third-order valence-corrected chi connectivity index (χ3v) is 6.53. The molecule has 4 nitrogen and oxygen atoms in total. The predicted octanol–water partition coefficient (Wildman–Crippen LogP) is 3.33. The number of fused-ring (bicyclic) bond motifs is 1. The van der Waals surface area contributed by atoms with E-state index in [1.54, 1.807) is 0 Å². The Morgan fingerprint density at radius 2 is 1.85 bits per heavy atom. The van der Waals surface area contributed by atoms with Crippen LogP contribution in [-0.4, -0.2) is 64.3 Å². The first-order chi connectivity index (χ1) is 13.0. The third-order valence-electron chi connectivity index (χ3n) is 6.53. The van der Waals surface area contributed by atoms with E-state index in [1.165, 1.54) is 43.3 Å². The summed E-state index contributed by atoms with van der Waals surface area (Å²) in [5.74, 6) is 0.299. The molecule has 1 aromatic heterocycles. The van der Waals surface area contributed by atoms with Gasteiger partial charge in [-0.15, -0.1) is 0 Å². The SMILES string of the molecule is CC(C)(CN1C[C@@H](Cc2ccnc3ccccc23)[C@H](O)C1)N1CCCCC1. The van der Waals surface area contributed by atoms with Crippen LogP contribution < -0.4 is 0 Å². The molecular weight excluding hydrogens is 334 g/mol. The summed E-state index contributed by atoms with van der Waals surface area (Å²) in [6.45, 7) is 9.99. The second kappa shape index (κ2) is 7.86. The predicted molar refractivity (Wildman–Crippen MR) is 111 cm³/mol. The lowest BCUT2D eigenvalue weighted by molar-refractivity contribution is 0.0602. The van der Waals surface area contributed by atoms with Crippen LogP contribution in [0.2, 0.25) is 0 Å². The van der Waals surface area contributed by atoms with Gasteiger partial charge in [0.25, 0.3) is 0 Å². The number of hydrogen-bond donors (Lipinski definition) is 1.